The Hall–Kier alpha value is -3.58. The molecule has 0 spiro atoms. The summed E-state index contributed by atoms with van der Waals surface area (Å²) in [5, 5.41) is 3.05. The lowest BCUT2D eigenvalue weighted by Crippen LogP contribution is -2.44. The molecule has 0 saturated carbocycles. The van der Waals surface area contributed by atoms with Crippen LogP contribution in [0.4, 0.5) is 4.79 Å². The third-order valence-corrected chi connectivity index (χ3v) is 5.81. The van der Waals surface area contributed by atoms with Crippen molar-refractivity contribution in [3.63, 3.8) is 0 Å². The number of carbonyl (C=O) groups excluding carboxylic acids is 3. The van der Waals surface area contributed by atoms with Crippen LogP contribution < -0.4 is 5.32 Å². The summed E-state index contributed by atoms with van der Waals surface area (Å²) in [5.74, 6) is -0.300. The number of halogens is 1. The Morgan fingerprint density at radius 3 is 2.44 bits per heavy atom. The third kappa shape index (κ3) is 4.24. The van der Waals surface area contributed by atoms with Crippen LogP contribution in [0, 0.1) is 0 Å². The fraction of sp³-hybridized carbons (Fsp3) is 0.208. The summed E-state index contributed by atoms with van der Waals surface area (Å²) in [5.41, 5.74) is 0.0539. The molecule has 3 aromatic rings. The predicted molar refractivity (Wildman–Crippen MR) is 118 cm³/mol. The number of rotatable bonds is 7. The van der Waals surface area contributed by atoms with E-state index in [0.717, 1.165) is 10.5 Å². The quantitative estimate of drug-likeness (QED) is 0.552. The Kier molecular flexibility index (Phi) is 6.01. The van der Waals surface area contributed by atoms with Crippen molar-refractivity contribution in [3.8, 4) is 0 Å². The van der Waals surface area contributed by atoms with Gasteiger partial charge in [0.25, 0.3) is 5.91 Å². The van der Waals surface area contributed by atoms with Gasteiger partial charge in [0.15, 0.2) is 0 Å². The zero-order valence-corrected chi connectivity index (χ0v) is 18.2. The van der Waals surface area contributed by atoms with Crippen molar-refractivity contribution in [3.05, 3.63) is 94.9 Å². The Morgan fingerprint density at radius 1 is 1.03 bits per heavy atom. The number of amides is 4. The third-order valence-electron chi connectivity index (χ3n) is 5.48. The number of benzene rings is 2. The van der Waals surface area contributed by atoms with Gasteiger partial charge in [0.2, 0.25) is 5.91 Å². The Bertz CT molecular complexity index is 1130. The first kappa shape index (κ1) is 21.6. The molecule has 1 aromatic heterocycles. The molecule has 0 unspecified atom stereocenters. The van der Waals surface area contributed by atoms with Crippen LogP contribution in [0.25, 0.3) is 0 Å². The van der Waals surface area contributed by atoms with Crippen LogP contribution in [0.1, 0.15) is 23.8 Å². The molecule has 8 heteroatoms. The van der Waals surface area contributed by atoms with Crippen molar-refractivity contribution >= 4 is 29.4 Å². The number of furan rings is 1. The van der Waals surface area contributed by atoms with E-state index in [9.17, 15) is 14.4 Å². The van der Waals surface area contributed by atoms with Gasteiger partial charge >= 0.3 is 6.03 Å². The summed E-state index contributed by atoms with van der Waals surface area (Å²) >= 11 is 6.27. The van der Waals surface area contributed by atoms with Gasteiger partial charge in [-0.25, -0.2) is 4.79 Å². The zero-order valence-electron chi connectivity index (χ0n) is 17.5. The number of carbonyl (C=O) groups is 3. The fourth-order valence-corrected chi connectivity index (χ4v) is 4.08. The van der Waals surface area contributed by atoms with Crippen LogP contribution in [0.2, 0.25) is 5.02 Å². The summed E-state index contributed by atoms with van der Waals surface area (Å²) in [6.45, 7) is 1.72. The van der Waals surface area contributed by atoms with Crippen molar-refractivity contribution in [1.29, 1.82) is 0 Å². The molecule has 4 amide bonds. The van der Waals surface area contributed by atoms with E-state index in [2.05, 4.69) is 5.32 Å². The fourth-order valence-electron chi connectivity index (χ4n) is 3.75. The van der Waals surface area contributed by atoms with E-state index in [1.807, 2.05) is 30.3 Å². The molecule has 0 radical (unpaired) electrons. The van der Waals surface area contributed by atoms with Crippen LogP contribution >= 0.6 is 11.6 Å². The lowest BCUT2D eigenvalue weighted by Gasteiger charge is -2.25. The number of nitrogens with one attached hydrogen (secondary N) is 1. The number of urea groups is 1. The van der Waals surface area contributed by atoms with E-state index in [4.69, 9.17) is 16.0 Å². The second-order valence-corrected chi connectivity index (χ2v) is 8.15. The molecular weight excluding hydrogens is 430 g/mol. The van der Waals surface area contributed by atoms with E-state index in [1.54, 1.807) is 48.2 Å². The first-order valence-corrected chi connectivity index (χ1v) is 10.5. The van der Waals surface area contributed by atoms with Crippen LogP contribution in [0.3, 0.4) is 0 Å². The normalized spacial score (nSPS) is 18.0. The van der Waals surface area contributed by atoms with Gasteiger partial charge in [0.05, 0.1) is 12.8 Å². The topological polar surface area (TPSA) is 82.9 Å². The van der Waals surface area contributed by atoms with E-state index in [0.29, 0.717) is 22.9 Å². The molecular formula is C24H22ClN3O4. The zero-order chi connectivity index (χ0) is 22.7. The molecule has 1 fully saturated rings. The van der Waals surface area contributed by atoms with Gasteiger partial charge in [-0.2, -0.15) is 0 Å². The van der Waals surface area contributed by atoms with Crippen molar-refractivity contribution in [2.45, 2.75) is 25.6 Å². The van der Waals surface area contributed by atoms with Crippen LogP contribution in [0.15, 0.2) is 77.4 Å². The Labute approximate surface area is 190 Å². The molecule has 164 valence electrons. The van der Waals surface area contributed by atoms with E-state index in [1.165, 1.54) is 6.26 Å². The summed E-state index contributed by atoms with van der Waals surface area (Å²) in [4.78, 5) is 41.6. The summed E-state index contributed by atoms with van der Waals surface area (Å²) in [6.07, 6.45) is 1.53. The van der Waals surface area contributed by atoms with Gasteiger partial charge in [-0.3, -0.25) is 14.5 Å². The highest BCUT2D eigenvalue weighted by Gasteiger charge is 2.50. The van der Waals surface area contributed by atoms with Crippen molar-refractivity contribution in [2.24, 2.45) is 0 Å². The molecule has 1 saturated heterocycles. The van der Waals surface area contributed by atoms with Gasteiger partial charge in [-0.15, -0.1) is 0 Å². The molecule has 1 atom stereocenters. The molecule has 1 aliphatic rings. The minimum Gasteiger partial charge on any atom is -0.467 e. The van der Waals surface area contributed by atoms with Crippen LogP contribution in [-0.4, -0.2) is 34.2 Å². The largest absolute Gasteiger partial charge is 0.467 e. The average molecular weight is 452 g/mol. The number of hydrogen-bond donors (Lipinski definition) is 1. The number of hydrogen-bond acceptors (Lipinski definition) is 4. The molecule has 4 rings (SSSR count). The summed E-state index contributed by atoms with van der Waals surface area (Å²) < 4.78 is 5.40. The maximum absolute atomic E-state index is 13.2. The maximum Gasteiger partial charge on any atom is 0.325 e. The highest BCUT2D eigenvalue weighted by atomic mass is 35.5. The van der Waals surface area contributed by atoms with Gasteiger partial charge in [0, 0.05) is 17.1 Å². The number of nitrogens with zero attached hydrogens (tertiary/aromatic N) is 2. The molecule has 2 heterocycles. The predicted octanol–water partition coefficient (Wildman–Crippen LogP) is 3.93. The Balaban J connectivity index is 1.55. The maximum atomic E-state index is 13.2. The SMILES string of the molecule is C[C@]1(c2ccccc2Cl)NC(=O)N(CC(=O)N(Cc2ccccc2)Cc2ccco2)C1=O. The summed E-state index contributed by atoms with van der Waals surface area (Å²) in [7, 11) is 0. The van der Waals surface area contributed by atoms with Crippen molar-refractivity contribution in [1.82, 2.24) is 15.1 Å². The molecule has 2 aromatic carbocycles. The minimum atomic E-state index is -1.35. The first-order chi connectivity index (χ1) is 15.4. The monoisotopic (exact) mass is 451 g/mol. The Morgan fingerprint density at radius 2 is 1.75 bits per heavy atom. The molecule has 1 aliphatic heterocycles. The first-order valence-electron chi connectivity index (χ1n) is 10.1. The van der Waals surface area contributed by atoms with Gasteiger partial charge < -0.3 is 14.6 Å². The van der Waals surface area contributed by atoms with Crippen molar-refractivity contribution in [2.75, 3.05) is 6.54 Å². The summed E-state index contributed by atoms with van der Waals surface area (Å²) in [6, 6.07) is 19.2. The highest BCUT2D eigenvalue weighted by molar-refractivity contribution is 6.32. The average Bonchev–Trinajstić information content (AvgIpc) is 3.37. The minimum absolute atomic E-state index is 0.214. The van der Waals surface area contributed by atoms with E-state index >= 15 is 0 Å². The van der Waals surface area contributed by atoms with Gasteiger partial charge in [-0.1, -0.05) is 60.1 Å². The second kappa shape index (κ2) is 8.88. The highest BCUT2D eigenvalue weighted by Crippen LogP contribution is 2.33. The lowest BCUT2D eigenvalue weighted by molar-refractivity contribution is -0.139. The molecule has 0 aliphatic carbocycles. The van der Waals surface area contributed by atoms with E-state index in [-0.39, 0.29) is 12.5 Å². The van der Waals surface area contributed by atoms with Crippen LogP contribution in [0.5, 0.6) is 0 Å². The number of imide groups is 1. The second-order valence-electron chi connectivity index (χ2n) is 7.74. The smallest absolute Gasteiger partial charge is 0.325 e. The van der Waals surface area contributed by atoms with Crippen molar-refractivity contribution < 1.29 is 18.8 Å². The van der Waals surface area contributed by atoms with E-state index < -0.39 is 24.0 Å². The van der Waals surface area contributed by atoms with Gasteiger partial charge in [-0.05, 0) is 30.7 Å². The molecule has 0 bridgehead atoms. The van der Waals surface area contributed by atoms with Gasteiger partial charge in [0.1, 0.15) is 17.8 Å². The van der Waals surface area contributed by atoms with Crippen LogP contribution in [-0.2, 0) is 28.2 Å². The lowest BCUT2D eigenvalue weighted by atomic mass is 9.92. The standard InChI is InChI=1S/C24H22ClN3O4/c1-24(19-11-5-6-12-20(19)25)22(30)28(23(31)26-24)16-21(29)27(15-18-10-7-13-32-18)14-17-8-3-2-4-9-17/h2-13H,14-16H2,1H3,(H,26,31)/t24-/m1/s1. The molecule has 1 N–H and O–H groups in total. The molecule has 7 nitrogen and oxygen atoms in total. The molecule has 32 heavy (non-hydrogen) atoms.